The molecule has 5 fully saturated rings. The monoisotopic (exact) mass is 533 g/mol. The summed E-state index contributed by atoms with van der Waals surface area (Å²) in [5.41, 5.74) is 0.888. The molecule has 9 nitrogen and oxygen atoms in total. The topological polar surface area (TPSA) is 94.1 Å². The molecule has 1 unspecified atom stereocenters. The Morgan fingerprint density at radius 2 is 1.42 bits per heavy atom. The first-order valence-corrected chi connectivity index (χ1v) is 13.8. The molecule has 1 N–H and O–H groups in total. The SMILES string of the molecule is CC1(C)OC[C@@H]2[C+](C[C@@H]3OC(c4ccccc4)O[C@H]([C@H]4COC(C)(C)O4)[C@@H]3O)C[C@H]3OC(C)(C)O[C@H]3[C@@H]2O1. The van der Waals surface area contributed by atoms with Crippen molar-refractivity contribution < 1.29 is 43.0 Å². The van der Waals surface area contributed by atoms with Gasteiger partial charge in [0.15, 0.2) is 29.6 Å². The molecule has 1 aromatic carbocycles. The second-order valence-electron chi connectivity index (χ2n) is 12.5. The van der Waals surface area contributed by atoms with Gasteiger partial charge >= 0.3 is 0 Å². The van der Waals surface area contributed by atoms with Crippen molar-refractivity contribution in [2.75, 3.05) is 13.2 Å². The Morgan fingerprint density at radius 1 is 0.763 bits per heavy atom. The van der Waals surface area contributed by atoms with E-state index in [2.05, 4.69) is 0 Å². The van der Waals surface area contributed by atoms with Gasteiger partial charge in [-0.3, -0.25) is 0 Å². The van der Waals surface area contributed by atoms with Crippen LogP contribution in [-0.4, -0.2) is 78.4 Å². The molecule has 0 amide bonds. The molecule has 9 heteroatoms. The first-order chi connectivity index (χ1) is 17.9. The van der Waals surface area contributed by atoms with Crippen molar-refractivity contribution in [1.29, 1.82) is 0 Å². The van der Waals surface area contributed by atoms with E-state index in [1.54, 1.807) is 0 Å². The summed E-state index contributed by atoms with van der Waals surface area (Å²) in [4.78, 5) is 0. The lowest BCUT2D eigenvalue weighted by Gasteiger charge is -2.46. The Kier molecular flexibility index (Phi) is 6.86. The Balaban J connectivity index is 1.26. The van der Waals surface area contributed by atoms with Gasteiger partial charge in [0.05, 0.1) is 13.2 Å². The number of hydrogen-bond donors (Lipinski definition) is 1. The number of hydrogen-bond acceptors (Lipinski definition) is 9. The molecule has 4 aliphatic heterocycles. The van der Waals surface area contributed by atoms with Crippen LogP contribution < -0.4 is 0 Å². The third-order valence-electron chi connectivity index (χ3n) is 8.19. The van der Waals surface area contributed by atoms with Crippen LogP contribution in [0.2, 0.25) is 0 Å². The van der Waals surface area contributed by atoms with Gasteiger partial charge in [0.1, 0.15) is 61.5 Å². The summed E-state index contributed by atoms with van der Waals surface area (Å²) < 4.78 is 49.9. The highest BCUT2D eigenvalue weighted by atomic mass is 16.8. The average molecular weight is 534 g/mol. The number of fused-ring (bicyclic) bond motifs is 3. The van der Waals surface area contributed by atoms with Gasteiger partial charge in [0, 0.05) is 5.56 Å². The second-order valence-corrected chi connectivity index (χ2v) is 12.5. The molecule has 0 aromatic heterocycles. The van der Waals surface area contributed by atoms with Crippen molar-refractivity contribution in [3.05, 3.63) is 41.8 Å². The van der Waals surface area contributed by atoms with Crippen molar-refractivity contribution >= 4 is 0 Å². The molecule has 1 aliphatic carbocycles. The van der Waals surface area contributed by atoms with Crippen molar-refractivity contribution in [3.8, 4) is 0 Å². The number of rotatable bonds is 4. The van der Waals surface area contributed by atoms with Crippen molar-refractivity contribution in [1.82, 2.24) is 0 Å². The molecular weight excluding hydrogens is 492 g/mol. The highest BCUT2D eigenvalue weighted by molar-refractivity contribution is 5.18. The summed E-state index contributed by atoms with van der Waals surface area (Å²) in [6, 6.07) is 9.80. The summed E-state index contributed by atoms with van der Waals surface area (Å²) in [6.07, 6.45) is -2.44. The zero-order chi connectivity index (χ0) is 26.9. The van der Waals surface area contributed by atoms with Crippen LogP contribution in [0.5, 0.6) is 0 Å². The molecule has 0 radical (unpaired) electrons. The lowest BCUT2D eigenvalue weighted by Crippen LogP contribution is -2.59. The van der Waals surface area contributed by atoms with E-state index in [-0.39, 0.29) is 24.2 Å². The van der Waals surface area contributed by atoms with Crippen LogP contribution in [0, 0.1) is 11.8 Å². The number of benzene rings is 1. The van der Waals surface area contributed by atoms with E-state index < -0.39 is 48.1 Å². The number of ether oxygens (including phenoxy) is 8. The quantitative estimate of drug-likeness (QED) is 0.582. The third kappa shape index (κ3) is 5.25. The Hall–Kier alpha value is -1.27. The zero-order valence-corrected chi connectivity index (χ0v) is 23.1. The minimum absolute atomic E-state index is 0.000887. The van der Waals surface area contributed by atoms with Crippen molar-refractivity contribution in [2.45, 2.75) is 121 Å². The maximum absolute atomic E-state index is 11.6. The van der Waals surface area contributed by atoms with Gasteiger partial charge in [-0.25, -0.2) is 0 Å². The van der Waals surface area contributed by atoms with Crippen LogP contribution in [-0.2, 0) is 37.9 Å². The summed E-state index contributed by atoms with van der Waals surface area (Å²) in [5.74, 6) is -0.950. The smallest absolute Gasteiger partial charge is 0.185 e. The first kappa shape index (κ1) is 26.9. The van der Waals surface area contributed by atoms with Crippen LogP contribution in [0.3, 0.4) is 0 Å². The Bertz CT molecular complexity index is 982. The summed E-state index contributed by atoms with van der Waals surface area (Å²) in [6.45, 7) is 12.3. The van der Waals surface area contributed by atoms with Gasteiger partial charge in [0.2, 0.25) is 0 Å². The maximum atomic E-state index is 11.6. The maximum Gasteiger partial charge on any atom is 0.185 e. The predicted molar refractivity (Wildman–Crippen MR) is 135 cm³/mol. The molecule has 5 aliphatic rings. The minimum atomic E-state index is -0.916. The van der Waals surface area contributed by atoms with Crippen LogP contribution >= 0.6 is 0 Å². The minimum Gasteiger partial charge on any atom is -0.387 e. The predicted octanol–water partition coefficient (Wildman–Crippen LogP) is 3.64. The second kappa shape index (κ2) is 9.68. The normalized spacial score (nSPS) is 43.4. The Morgan fingerprint density at radius 3 is 2.13 bits per heavy atom. The highest BCUT2D eigenvalue weighted by Gasteiger charge is 2.63. The molecule has 6 rings (SSSR count). The van der Waals surface area contributed by atoms with Crippen LogP contribution in [0.25, 0.3) is 0 Å². The van der Waals surface area contributed by atoms with E-state index in [0.717, 1.165) is 5.56 Å². The standard InChI is InChI=1S/C29H41O9/c1-27(2)32-15-21(36-27)24-22(30)19(33-26(34-24)16-10-8-7-9-11-16)12-17-13-20-25(38-29(5,6)35-20)23-18(17)14-31-28(3,4)37-23/h7-11,18-26,30H,12-15H2,1-6H3/q+1/t18-,19+,20-,21-,22-,23-,24-,25-,26?/m1/s1. The molecule has 38 heavy (non-hydrogen) atoms. The van der Waals surface area contributed by atoms with Crippen LogP contribution in [0.15, 0.2) is 30.3 Å². The van der Waals surface area contributed by atoms with Gasteiger partial charge in [-0.15, -0.1) is 0 Å². The van der Waals surface area contributed by atoms with E-state index in [9.17, 15) is 5.11 Å². The molecule has 1 aromatic rings. The largest absolute Gasteiger partial charge is 0.387 e. The fourth-order valence-electron chi connectivity index (χ4n) is 6.50. The van der Waals surface area contributed by atoms with E-state index in [1.807, 2.05) is 71.9 Å². The van der Waals surface area contributed by atoms with E-state index in [0.29, 0.717) is 26.1 Å². The lowest BCUT2D eigenvalue weighted by atomic mass is 9.71. The molecule has 4 heterocycles. The van der Waals surface area contributed by atoms with E-state index >= 15 is 0 Å². The number of aliphatic hydroxyl groups is 1. The van der Waals surface area contributed by atoms with Crippen LogP contribution in [0.4, 0.5) is 0 Å². The number of aliphatic hydroxyl groups excluding tert-OH is 1. The van der Waals surface area contributed by atoms with Gasteiger partial charge in [-0.2, -0.15) is 0 Å². The molecule has 210 valence electrons. The van der Waals surface area contributed by atoms with E-state index in [4.69, 9.17) is 37.9 Å². The van der Waals surface area contributed by atoms with Crippen molar-refractivity contribution in [2.24, 2.45) is 5.92 Å². The van der Waals surface area contributed by atoms with E-state index in [1.165, 1.54) is 5.92 Å². The van der Waals surface area contributed by atoms with Gasteiger partial charge < -0.3 is 43.0 Å². The fourth-order valence-corrected chi connectivity index (χ4v) is 6.50. The summed E-state index contributed by atoms with van der Waals surface area (Å²) in [7, 11) is 0. The molecule has 0 spiro atoms. The molecule has 9 atom stereocenters. The van der Waals surface area contributed by atoms with Gasteiger partial charge in [-0.1, -0.05) is 30.3 Å². The van der Waals surface area contributed by atoms with Crippen LogP contribution in [0.1, 0.15) is 66.2 Å². The van der Waals surface area contributed by atoms with Gasteiger partial charge in [-0.05, 0) is 41.5 Å². The third-order valence-corrected chi connectivity index (χ3v) is 8.19. The average Bonchev–Trinajstić information content (AvgIpc) is 3.37. The Labute approximate surface area is 224 Å². The summed E-state index contributed by atoms with van der Waals surface area (Å²) >= 11 is 0. The fraction of sp³-hybridized carbons (Fsp3) is 0.759. The highest BCUT2D eigenvalue weighted by Crippen LogP contribution is 2.50. The first-order valence-electron chi connectivity index (χ1n) is 13.8. The molecular formula is C29H41O9+. The van der Waals surface area contributed by atoms with Gasteiger partial charge in [0.25, 0.3) is 0 Å². The van der Waals surface area contributed by atoms with Crippen molar-refractivity contribution in [3.63, 3.8) is 0 Å². The zero-order valence-electron chi connectivity index (χ0n) is 23.1. The molecule has 1 saturated carbocycles. The molecule has 4 saturated heterocycles. The lowest BCUT2D eigenvalue weighted by molar-refractivity contribution is -0.320. The molecule has 0 bridgehead atoms. The summed E-state index contributed by atoms with van der Waals surface area (Å²) in [5, 5.41) is 11.6.